The molecule has 1 amide bonds. The molecule has 2 aromatic rings. The second kappa shape index (κ2) is 5.91. The third-order valence-corrected chi connectivity index (χ3v) is 3.09. The molecule has 0 unspecified atom stereocenters. The van der Waals surface area contributed by atoms with Gasteiger partial charge in [0.15, 0.2) is 22.6 Å². The minimum atomic E-state index is -1.64. The molecule has 0 aliphatic rings. The third-order valence-electron chi connectivity index (χ3n) is 2.63. The zero-order valence-corrected chi connectivity index (χ0v) is 12.0. The van der Waals surface area contributed by atoms with Crippen molar-refractivity contribution in [2.24, 2.45) is 0 Å². The van der Waals surface area contributed by atoms with Gasteiger partial charge in [-0.3, -0.25) is 4.79 Å². The molecular weight excluding hydrogens is 328 g/mol. The maximum absolute atomic E-state index is 13.1. The molecule has 1 heterocycles. The predicted molar refractivity (Wildman–Crippen MR) is 73.3 cm³/mol. The summed E-state index contributed by atoms with van der Waals surface area (Å²) in [6.07, 6.45) is 0. The summed E-state index contributed by atoms with van der Waals surface area (Å²) in [5, 5.41) is 2.41. The molecule has 0 aliphatic carbocycles. The summed E-state index contributed by atoms with van der Waals surface area (Å²) in [4.78, 5) is 15.7. The minimum Gasteiger partial charge on any atom is -0.319 e. The number of aryl methyl sites for hydroxylation is 1. The summed E-state index contributed by atoms with van der Waals surface area (Å²) in [5.74, 6) is -5.43. The van der Waals surface area contributed by atoms with Gasteiger partial charge in [-0.1, -0.05) is 23.2 Å². The number of hydrogen-bond acceptors (Lipinski definition) is 2. The number of pyridine rings is 1. The zero-order valence-electron chi connectivity index (χ0n) is 10.5. The molecule has 1 aromatic carbocycles. The number of aromatic nitrogens is 1. The molecule has 0 bridgehead atoms. The number of halogens is 5. The maximum atomic E-state index is 13.1. The van der Waals surface area contributed by atoms with Gasteiger partial charge in [-0.05, 0) is 30.7 Å². The smallest absolute Gasteiger partial charge is 0.255 e. The van der Waals surface area contributed by atoms with Crippen LogP contribution in [0.2, 0.25) is 10.3 Å². The Balaban J connectivity index is 2.35. The predicted octanol–water partition coefficient (Wildman–Crippen LogP) is 4.37. The molecule has 110 valence electrons. The first-order valence-corrected chi connectivity index (χ1v) is 6.33. The van der Waals surface area contributed by atoms with Crippen LogP contribution >= 0.6 is 23.2 Å². The zero-order chi connectivity index (χ0) is 15.7. The van der Waals surface area contributed by atoms with Gasteiger partial charge in [0.25, 0.3) is 5.91 Å². The van der Waals surface area contributed by atoms with Gasteiger partial charge in [-0.15, -0.1) is 0 Å². The third kappa shape index (κ3) is 3.28. The first-order valence-electron chi connectivity index (χ1n) is 5.58. The van der Waals surface area contributed by atoms with Crippen molar-refractivity contribution in [2.45, 2.75) is 6.92 Å². The van der Waals surface area contributed by atoms with Crippen LogP contribution in [0.5, 0.6) is 0 Å². The average Bonchev–Trinajstić information content (AvgIpc) is 2.39. The van der Waals surface area contributed by atoms with Crippen LogP contribution in [0.25, 0.3) is 0 Å². The van der Waals surface area contributed by atoms with Crippen LogP contribution in [-0.4, -0.2) is 10.9 Å². The molecule has 0 fully saturated rings. The van der Waals surface area contributed by atoms with Gasteiger partial charge in [-0.2, -0.15) is 0 Å². The molecule has 2 rings (SSSR count). The van der Waals surface area contributed by atoms with E-state index in [0.29, 0.717) is 17.7 Å². The maximum Gasteiger partial charge on any atom is 0.255 e. The van der Waals surface area contributed by atoms with Crippen LogP contribution in [0.3, 0.4) is 0 Å². The summed E-state index contributed by atoms with van der Waals surface area (Å²) in [7, 11) is 0. The summed E-state index contributed by atoms with van der Waals surface area (Å²) in [6, 6.07) is 2.62. The second-order valence-electron chi connectivity index (χ2n) is 4.14. The van der Waals surface area contributed by atoms with Crippen molar-refractivity contribution in [2.75, 3.05) is 5.32 Å². The number of hydrogen-bond donors (Lipinski definition) is 1. The summed E-state index contributed by atoms with van der Waals surface area (Å²) in [6.45, 7) is 1.61. The molecule has 0 aliphatic heterocycles. The van der Waals surface area contributed by atoms with Crippen LogP contribution < -0.4 is 5.32 Å². The summed E-state index contributed by atoms with van der Waals surface area (Å²) >= 11 is 11.5. The van der Waals surface area contributed by atoms with Crippen molar-refractivity contribution in [1.82, 2.24) is 4.98 Å². The Labute approximate surface area is 127 Å². The average molecular weight is 335 g/mol. The fourth-order valence-electron chi connectivity index (χ4n) is 1.62. The van der Waals surface area contributed by atoms with E-state index >= 15 is 0 Å². The SMILES string of the molecule is Cc1cc(Cl)nc(Cl)c1NC(=O)c1cc(F)c(F)c(F)c1. The quantitative estimate of drug-likeness (QED) is 0.654. The number of carbonyl (C=O) groups excluding carboxylic acids is 1. The molecular formula is C13H7Cl2F3N2O. The minimum absolute atomic E-state index is 0.0728. The normalized spacial score (nSPS) is 10.6. The molecule has 0 saturated carbocycles. The first kappa shape index (κ1) is 15.6. The van der Waals surface area contributed by atoms with E-state index in [9.17, 15) is 18.0 Å². The lowest BCUT2D eigenvalue weighted by atomic mass is 10.1. The molecule has 0 atom stereocenters. The van der Waals surface area contributed by atoms with E-state index in [4.69, 9.17) is 23.2 Å². The van der Waals surface area contributed by atoms with Gasteiger partial charge in [0.2, 0.25) is 0 Å². The Kier molecular flexibility index (Phi) is 4.39. The molecule has 1 aromatic heterocycles. The van der Waals surface area contributed by atoms with Crippen LogP contribution in [-0.2, 0) is 0 Å². The van der Waals surface area contributed by atoms with Gasteiger partial charge in [0.1, 0.15) is 5.15 Å². The van der Waals surface area contributed by atoms with Gasteiger partial charge in [-0.25, -0.2) is 18.2 Å². The molecule has 0 spiro atoms. The van der Waals surface area contributed by atoms with Crippen LogP contribution in [0.1, 0.15) is 15.9 Å². The largest absolute Gasteiger partial charge is 0.319 e. The highest BCUT2D eigenvalue weighted by molar-refractivity contribution is 6.35. The summed E-state index contributed by atoms with van der Waals surface area (Å²) < 4.78 is 39.0. The Bertz CT molecular complexity index is 691. The highest BCUT2D eigenvalue weighted by Crippen LogP contribution is 2.27. The molecule has 8 heteroatoms. The molecule has 1 N–H and O–H groups in total. The number of benzene rings is 1. The highest BCUT2D eigenvalue weighted by atomic mass is 35.5. The van der Waals surface area contributed by atoms with E-state index in [1.54, 1.807) is 6.92 Å². The fraction of sp³-hybridized carbons (Fsp3) is 0.0769. The second-order valence-corrected chi connectivity index (χ2v) is 4.88. The van der Waals surface area contributed by atoms with Crippen LogP contribution in [0.4, 0.5) is 18.9 Å². The Hall–Kier alpha value is -1.79. The van der Waals surface area contributed by atoms with Gasteiger partial charge in [0.05, 0.1) is 5.69 Å². The number of rotatable bonds is 2. The molecule has 3 nitrogen and oxygen atoms in total. The number of nitrogens with zero attached hydrogens (tertiary/aromatic N) is 1. The van der Waals surface area contributed by atoms with E-state index in [0.717, 1.165) is 0 Å². The monoisotopic (exact) mass is 334 g/mol. The van der Waals surface area contributed by atoms with Crippen LogP contribution in [0.15, 0.2) is 18.2 Å². The van der Waals surface area contributed by atoms with Gasteiger partial charge >= 0.3 is 0 Å². The van der Waals surface area contributed by atoms with Crippen molar-refractivity contribution >= 4 is 34.8 Å². The first-order chi connectivity index (χ1) is 9.79. The number of amides is 1. The Morgan fingerprint density at radius 3 is 2.24 bits per heavy atom. The molecule has 0 saturated heterocycles. The van der Waals surface area contributed by atoms with Crippen molar-refractivity contribution in [3.63, 3.8) is 0 Å². The lowest BCUT2D eigenvalue weighted by molar-refractivity contribution is 0.102. The lowest BCUT2D eigenvalue weighted by Gasteiger charge is -2.10. The standard InChI is InChI=1S/C13H7Cl2F3N2O/c1-5-2-9(14)19-12(15)11(5)20-13(21)6-3-7(16)10(18)8(17)4-6/h2-4H,1H3,(H,20,21). The van der Waals surface area contributed by atoms with Crippen molar-refractivity contribution in [1.29, 1.82) is 0 Å². The van der Waals surface area contributed by atoms with E-state index in [2.05, 4.69) is 10.3 Å². The topological polar surface area (TPSA) is 42.0 Å². The number of carbonyl (C=O) groups is 1. The van der Waals surface area contributed by atoms with Crippen molar-refractivity contribution in [3.8, 4) is 0 Å². The van der Waals surface area contributed by atoms with E-state index in [-0.39, 0.29) is 16.0 Å². The van der Waals surface area contributed by atoms with E-state index in [1.807, 2.05) is 0 Å². The highest BCUT2D eigenvalue weighted by Gasteiger charge is 2.17. The van der Waals surface area contributed by atoms with Gasteiger partial charge in [0, 0.05) is 5.56 Å². The Morgan fingerprint density at radius 1 is 1.14 bits per heavy atom. The number of nitrogens with one attached hydrogen (secondary N) is 1. The van der Waals surface area contributed by atoms with E-state index < -0.39 is 28.9 Å². The Morgan fingerprint density at radius 2 is 1.71 bits per heavy atom. The fourth-order valence-corrected chi connectivity index (χ4v) is 2.20. The van der Waals surface area contributed by atoms with Crippen molar-refractivity contribution < 1.29 is 18.0 Å². The van der Waals surface area contributed by atoms with Crippen LogP contribution in [0, 0.1) is 24.4 Å². The van der Waals surface area contributed by atoms with E-state index in [1.165, 1.54) is 6.07 Å². The number of anilines is 1. The lowest BCUT2D eigenvalue weighted by Crippen LogP contribution is -2.15. The molecule has 21 heavy (non-hydrogen) atoms. The molecule has 0 radical (unpaired) electrons. The van der Waals surface area contributed by atoms with Gasteiger partial charge < -0.3 is 5.32 Å². The summed E-state index contributed by atoms with van der Waals surface area (Å²) in [5.41, 5.74) is 0.268. The van der Waals surface area contributed by atoms with Crippen molar-refractivity contribution in [3.05, 3.63) is 57.1 Å².